The van der Waals surface area contributed by atoms with Crippen molar-refractivity contribution in [1.82, 2.24) is 26.6 Å². The quantitative estimate of drug-likeness (QED) is 0.0847. The lowest BCUT2D eigenvalue weighted by molar-refractivity contribution is -0.145. The average molecular weight is 684 g/mol. The number of fused-ring (bicyclic) bond motifs is 3. The van der Waals surface area contributed by atoms with Crippen LogP contribution in [0.3, 0.4) is 0 Å². The molecule has 1 aliphatic rings. The fourth-order valence-electron chi connectivity index (χ4n) is 5.39. The van der Waals surface area contributed by atoms with Crippen molar-refractivity contribution in [1.29, 1.82) is 0 Å². The Morgan fingerprint density at radius 2 is 1.16 bits per heavy atom. The summed E-state index contributed by atoms with van der Waals surface area (Å²) in [6, 6.07) is 22.9. The van der Waals surface area contributed by atoms with Crippen LogP contribution in [0.2, 0.25) is 0 Å². The number of Topliss-reactive ketones (excluding diaryl/α,β-unsaturated/α-hetero) is 2. The van der Waals surface area contributed by atoms with Gasteiger partial charge in [-0.1, -0.05) is 78.9 Å². The molecule has 0 saturated carbocycles. The number of hydrogen-bond acceptors (Lipinski definition) is 8. The fourth-order valence-corrected chi connectivity index (χ4v) is 5.39. The summed E-state index contributed by atoms with van der Waals surface area (Å²) in [6.07, 6.45) is -0.0465. The van der Waals surface area contributed by atoms with Crippen LogP contribution in [-0.4, -0.2) is 84.4 Å². The van der Waals surface area contributed by atoms with Crippen molar-refractivity contribution in [2.45, 2.75) is 31.7 Å². The number of benzene rings is 3. The number of nitrogens with one attached hydrogen (secondary N) is 5. The molecule has 4 rings (SSSR count). The van der Waals surface area contributed by atoms with Gasteiger partial charge >= 0.3 is 5.97 Å². The second kappa shape index (κ2) is 17.3. The van der Waals surface area contributed by atoms with Crippen LogP contribution in [0.15, 0.2) is 78.9 Å². The zero-order valence-electron chi connectivity index (χ0n) is 27.2. The standard InChI is InChI=1S/C36H37N5O9/c1-21(36(49)50)30(43)17-37-31(44)18-39-34(47)28(15-22-9-3-2-4-10-22)41-33(46)20-38-32(45)19-40-35(48)29(42)16-27-25-13-7-5-11-23(25)24-12-6-8-14-26(24)27/h2-14,21,27-28H,15-20H2,1H3,(H,37,44)(H,38,45)(H,39,47)(H,40,48)(H,41,46)(H,49,50)/t21-,28-/m0/s1. The molecule has 14 nitrogen and oxygen atoms in total. The van der Waals surface area contributed by atoms with Crippen LogP contribution < -0.4 is 26.6 Å². The van der Waals surface area contributed by atoms with Gasteiger partial charge in [0.2, 0.25) is 29.4 Å². The van der Waals surface area contributed by atoms with Crippen molar-refractivity contribution in [3.8, 4) is 11.1 Å². The first-order valence-electron chi connectivity index (χ1n) is 15.8. The molecule has 0 fully saturated rings. The highest BCUT2D eigenvalue weighted by atomic mass is 16.4. The summed E-state index contributed by atoms with van der Waals surface area (Å²) >= 11 is 0. The Morgan fingerprint density at radius 1 is 0.640 bits per heavy atom. The van der Waals surface area contributed by atoms with Crippen LogP contribution in [-0.2, 0) is 44.8 Å². The lowest BCUT2D eigenvalue weighted by Gasteiger charge is -2.19. The van der Waals surface area contributed by atoms with Crippen LogP contribution in [0.5, 0.6) is 0 Å². The maximum Gasteiger partial charge on any atom is 0.313 e. The third kappa shape index (κ3) is 9.92. The summed E-state index contributed by atoms with van der Waals surface area (Å²) in [4.78, 5) is 98.4. The monoisotopic (exact) mass is 683 g/mol. The number of aliphatic carboxylic acids is 1. The van der Waals surface area contributed by atoms with Gasteiger partial charge in [0, 0.05) is 18.8 Å². The molecule has 3 aromatic carbocycles. The second-order valence-electron chi connectivity index (χ2n) is 11.6. The second-order valence-corrected chi connectivity index (χ2v) is 11.6. The summed E-state index contributed by atoms with van der Waals surface area (Å²) in [5.74, 6) is -8.26. The average Bonchev–Trinajstić information content (AvgIpc) is 3.43. The third-order valence-corrected chi connectivity index (χ3v) is 8.13. The van der Waals surface area contributed by atoms with E-state index < -0.39 is 85.2 Å². The number of hydrogen-bond donors (Lipinski definition) is 6. The Labute approximate surface area is 287 Å². The number of carbonyl (C=O) groups is 8. The van der Waals surface area contributed by atoms with Crippen molar-refractivity contribution >= 4 is 47.1 Å². The van der Waals surface area contributed by atoms with Crippen molar-refractivity contribution in [2.75, 3.05) is 26.2 Å². The Morgan fingerprint density at radius 3 is 1.76 bits per heavy atom. The lowest BCUT2D eigenvalue weighted by Crippen LogP contribution is -2.52. The molecule has 1 aliphatic carbocycles. The highest BCUT2D eigenvalue weighted by molar-refractivity contribution is 6.36. The number of carboxylic acids is 1. The Hall–Kier alpha value is -6.18. The number of carbonyl (C=O) groups excluding carboxylic acids is 7. The molecule has 0 unspecified atom stereocenters. The molecule has 0 bridgehead atoms. The molecule has 0 saturated heterocycles. The number of amides is 5. The molecule has 14 heteroatoms. The zero-order chi connectivity index (χ0) is 36.2. The molecule has 3 aromatic rings. The molecule has 0 aliphatic heterocycles. The summed E-state index contributed by atoms with van der Waals surface area (Å²) < 4.78 is 0. The summed E-state index contributed by atoms with van der Waals surface area (Å²) in [5.41, 5.74) is 4.59. The largest absolute Gasteiger partial charge is 0.481 e. The Balaban J connectivity index is 1.24. The SMILES string of the molecule is C[C@H](C(=O)O)C(=O)CNC(=O)CNC(=O)[C@H](Cc1ccccc1)NC(=O)CNC(=O)CNC(=O)C(=O)CC1c2ccccc2-c2ccccc21. The van der Waals surface area contributed by atoms with Gasteiger partial charge in [0.05, 0.1) is 26.2 Å². The molecular weight excluding hydrogens is 646 g/mol. The third-order valence-electron chi connectivity index (χ3n) is 8.13. The first-order chi connectivity index (χ1) is 23.9. The maximum absolute atomic E-state index is 12.9. The molecular formula is C36H37N5O9. The zero-order valence-corrected chi connectivity index (χ0v) is 27.2. The number of carboxylic acid groups (broad SMARTS) is 1. The molecule has 5 amide bonds. The van der Waals surface area contributed by atoms with Crippen LogP contribution >= 0.6 is 0 Å². The fraction of sp³-hybridized carbons (Fsp3) is 0.278. The predicted molar refractivity (Wildman–Crippen MR) is 179 cm³/mol. The summed E-state index contributed by atoms with van der Waals surface area (Å²) in [6.45, 7) is -1.02. The van der Waals surface area contributed by atoms with E-state index in [9.17, 15) is 38.4 Å². The van der Waals surface area contributed by atoms with Gasteiger partial charge in [-0.25, -0.2) is 0 Å². The van der Waals surface area contributed by atoms with Gasteiger partial charge in [-0.15, -0.1) is 0 Å². The number of ketones is 2. The van der Waals surface area contributed by atoms with E-state index in [1.807, 2.05) is 48.5 Å². The minimum Gasteiger partial charge on any atom is -0.481 e. The van der Waals surface area contributed by atoms with E-state index >= 15 is 0 Å². The van der Waals surface area contributed by atoms with Crippen LogP contribution in [0.4, 0.5) is 0 Å². The van der Waals surface area contributed by atoms with E-state index in [0.29, 0.717) is 5.56 Å². The molecule has 260 valence electrons. The first kappa shape index (κ1) is 36.7. The van der Waals surface area contributed by atoms with E-state index in [1.54, 1.807) is 30.3 Å². The van der Waals surface area contributed by atoms with E-state index in [4.69, 9.17) is 5.11 Å². The van der Waals surface area contributed by atoms with Crippen molar-refractivity contribution < 1.29 is 43.5 Å². The van der Waals surface area contributed by atoms with Gasteiger partial charge in [0.15, 0.2) is 5.78 Å². The van der Waals surface area contributed by atoms with Crippen LogP contribution in [0, 0.1) is 5.92 Å². The van der Waals surface area contributed by atoms with Crippen molar-refractivity contribution in [3.05, 3.63) is 95.6 Å². The Kier molecular flexibility index (Phi) is 12.7. The minimum atomic E-state index is -1.33. The van der Waals surface area contributed by atoms with E-state index in [-0.39, 0.29) is 18.8 Å². The van der Waals surface area contributed by atoms with Gasteiger partial charge < -0.3 is 31.7 Å². The highest BCUT2D eigenvalue weighted by Crippen LogP contribution is 2.46. The first-order valence-corrected chi connectivity index (χ1v) is 15.8. The van der Waals surface area contributed by atoms with Gasteiger partial charge in [-0.2, -0.15) is 0 Å². The summed E-state index contributed by atoms with van der Waals surface area (Å²) in [7, 11) is 0. The van der Waals surface area contributed by atoms with E-state index in [0.717, 1.165) is 22.3 Å². The van der Waals surface area contributed by atoms with Crippen molar-refractivity contribution in [2.24, 2.45) is 5.92 Å². The highest BCUT2D eigenvalue weighted by Gasteiger charge is 2.31. The maximum atomic E-state index is 12.9. The van der Waals surface area contributed by atoms with Gasteiger partial charge in [0.1, 0.15) is 12.0 Å². The Bertz CT molecular complexity index is 1750. The van der Waals surface area contributed by atoms with Gasteiger partial charge in [-0.3, -0.25) is 38.4 Å². The van der Waals surface area contributed by atoms with Crippen LogP contribution in [0.25, 0.3) is 11.1 Å². The topological polar surface area (TPSA) is 217 Å². The van der Waals surface area contributed by atoms with Crippen LogP contribution in [0.1, 0.15) is 36.0 Å². The smallest absolute Gasteiger partial charge is 0.313 e. The molecule has 0 aromatic heterocycles. The molecule has 6 N–H and O–H groups in total. The predicted octanol–water partition coefficient (Wildman–Crippen LogP) is 0.240. The normalized spacial score (nSPS) is 12.7. The molecule has 0 heterocycles. The summed E-state index contributed by atoms with van der Waals surface area (Å²) in [5, 5.41) is 20.6. The molecule has 0 spiro atoms. The van der Waals surface area contributed by atoms with Gasteiger partial charge in [-0.05, 0) is 34.7 Å². The minimum absolute atomic E-state index is 0.0384. The van der Waals surface area contributed by atoms with E-state index in [1.165, 1.54) is 6.92 Å². The van der Waals surface area contributed by atoms with E-state index in [2.05, 4.69) is 26.6 Å². The molecule has 2 atom stereocenters. The molecule has 0 radical (unpaired) electrons. The van der Waals surface area contributed by atoms with Crippen molar-refractivity contribution in [3.63, 3.8) is 0 Å². The lowest BCUT2D eigenvalue weighted by atomic mass is 9.91. The van der Waals surface area contributed by atoms with Gasteiger partial charge in [0.25, 0.3) is 5.91 Å². The molecule has 50 heavy (non-hydrogen) atoms. The number of rotatable bonds is 17.